The third-order valence-electron chi connectivity index (χ3n) is 24.1. The Balaban J connectivity index is 0.000000586. The molecule has 3 aliphatic heterocycles. The lowest BCUT2D eigenvalue weighted by molar-refractivity contribution is -0.311. The van der Waals surface area contributed by atoms with Gasteiger partial charge in [-0.05, 0) is 258 Å². The number of amides is 3. The standard InChI is InChI=1S/C37H63N3O5.C29H48N2O4.C22H36N2O2.C7H13NO2.C7H12O2/c1-12-15-24-44-33(42)30(25-28(4)29-20-17-16-18-21-29)26-32(31(41)22-19-23-38(10)11)45-40-36(8,9)27-39(35(5,6)7)34(43)37(40,13-2)14-3;1-10-13-19-34-25(32)24(20-22(4)23-17-15-14-16-18-23)35-31-28(8,9)21-30(27(5,6)7)26(33)29(31,11-2)12-3;1-9-22(10-2)19(25)23(20(4,5)6)16-21(7,8)24(22)26-17(3)18-14-12-11-13-15-18;1-4-7(9)10-6-5-8(2)3;1-3-5-6-9-7(8)4-2/h16-18,20-21,28,30,32H,12-15,19,22-27H2,1-11H3;14-18,22,24H,10-13,19-21H2,1-9H3;11-15,17H,9-10,16H2,1-8H3;4H,1,5-6H2,2-3H3;4H,2-3,5-6H2,1H3. The molecule has 0 saturated carbocycles. The van der Waals surface area contributed by atoms with Crippen LogP contribution in [0.1, 0.15) is 331 Å². The Kier molecular flexibility index (Phi) is 48.3. The summed E-state index contributed by atoms with van der Waals surface area (Å²) in [7, 11) is 7.82. The molecule has 6 rings (SSSR count). The Labute approximate surface area is 757 Å². The second-order valence-electron chi connectivity index (χ2n) is 39.4. The average Bonchev–Trinajstić information content (AvgIpc) is 0.742. The minimum Gasteiger partial charge on any atom is -0.465 e. The van der Waals surface area contributed by atoms with E-state index < -0.39 is 45.8 Å². The number of Topliss-reactive ketones (excluding diaryl/α,β-unsaturated/α-hetero) is 1. The number of esters is 4. The number of benzene rings is 3. The summed E-state index contributed by atoms with van der Waals surface area (Å²) in [4.78, 5) is 134. The Morgan fingerprint density at radius 2 is 0.720 bits per heavy atom. The molecule has 0 N–H and O–H groups in total. The molecule has 710 valence electrons. The Bertz CT molecular complexity index is 3700. The first-order chi connectivity index (χ1) is 58.3. The normalized spacial score (nSPS) is 18.3. The van der Waals surface area contributed by atoms with E-state index in [1.165, 1.54) is 6.08 Å². The lowest BCUT2D eigenvalue weighted by atomic mass is 9.80. The zero-order valence-electron chi connectivity index (χ0n) is 83.8. The summed E-state index contributed by atoms with van der Waals surface area (Å²) in [6, 6.07) is 30.5. The third kappa shape index (κ3) is 34.0. The van der Waals surface area contributed by atoms with Gasteiger partial charge in [-0.1, -0.05) is 200 Å². The predicted molar refractivity (Wildman–Crippen MR) is 505 cm³/mol. The molecule has 6 atom stereocenters. The van der Waals surface area contributed by atoms with Crippen molar-refractivity contribution in [2.45, 2.75) is 376 Å². The number of piperazine rings is 3. The van der Waals surface area contributed by atoms with Crippen LogP contribution in [0.25, 0.3) is 0 Å². The van der Waals surface area contributed by atoms with E-state index in [1.54, 1.807) is 0 Å². The Morgan fingerprint density at radius 3 is 1.05 bits per heavy atom. The molecule has 0 aromatic heterocycles. The largest absolute Gasteiger partial charge is 0.465 e. The van der Waals surface area contributed by atoms with Gasteiger partial charge in [-0.15, -0.1) is 0 Å². The fourth-order valence-electron chi connectivity index (χ4n) is 16.3. The highest BCUT2D eigenvalue weighted by atomic mass is 16.7. The number of hydrogen-bond acceptors (Lipinski definition) is 20. The molecule has 0 radical (unpaired) electrons. The first-order valence-corrected chi connectivity index (χ1v) is 46.6. The minimum absolute atomic E-state index is 0.0198. The number of hydroxylamine groups is 6. The highest BCUT2D eigenvalue weighted by molar-refractivity contribution is 5.90. The molecule has 3 aliphatic rings. The van der Waals surface area contributed by atoms with E-state index in [1.807, 2.05) is 152 Å². The van der Waals surface area contributed by atoms with Crippen molar-refractivity contribution in [2.75, 3.05) is 87.3 Å². The van der Waals surface area contributed by atoms with Crippen molar-refractivity contribution < 1.29 is 71.8 Å². The molecule has 0 aliphatic carbocycles. The lowest BCUT2D eigenvalue weighted by Gasteiger charge is -2.59. The summed E-state index contributed by atoms with van der Waals surface area (Å²) in [6.45, 7) is 67.5. The van der Waals surface area contributed by atoms with Gasteiger partial charge in [0.1, 0.15) is 35.4 Å². The van der Waals surface area contributed by atoms with E-state index >= 15 is 0 Å². The molecule has 23 heteroatoms. The number of rotatable bonds is 42. The van der Waals surface area contributed by atoms with Crippen molar-refractivity contribution in [3.8, 4) is 0 Å². The number of likely N-dealkylation sites (N-methyl/N-ethyl adjacent to an activating group) is 1. The van der Waals surface area contributed by atoms with Crippen LogP contribution in [0, 0.1) is 5.92 Å². The van der Waals surface area contributed by atoms with Gasteiger partial charge in [0.05, 0.1) is 42.4 Å². The SMILES string of the molecule is C=CC(=O)OCCCC.C=CC(=O)OCCN(C)C.CCC1(CC)C(=O)N(C(C)(C)C)CC(C)(C)N1OC(C)c1ccccc1.CCCCOC(=O)C(CC(C)c1ccccc1)ON1C(C)(C)CN(C(C)(C)C)C(=O)C1(CC)CC.CCCCOC(=O)C(CC(ON1C(C)(C)CN(C(C)(C)C)C(=O)C1(CC)CC)C(=O)CCCN(C)C)CC(C)c1ccccc1. The van der Waals surface area contributed by atoms with E-state index in [9.17, 15) is 38.4 Å². The van der Waals surface area contributed by atoms with Gasteiger partial charge < -0.3 is 43.4 Å². The third-order valence-corrected chi connectivity index (χ3v) is 24.1. The molecule has 0 bridgehead atoms. The summed E-state index contributed by atoms with van der Waals surface area (Å²) in [6.07, 6.45) is 11.9. The van der Waals surface area contributed by atoms with Gasteiger partial charge >= 0.3 is 23.9 Å². The number of ether oxygens (including phenoxy) is 4. The van der Waals surface area contributed by atoms with Crippen LogP contribution in [-0.2, 0) is 71.8 Å². The van der Waals surface area contributed by atoms with E-state index in [-0.39, 0.29) is 93.9 Å². The predicted octanol–water partition coefficient (Wildman–Crippen LogP) is 19.9. The van der Waals surface area contributed by atoms with Gasteiger partial charge in [-0.3, -0.25) is 38.5 Å². The Hall–Kier alpha value is -7.22. The highest BCUT2D eigenvalue weighted by Crippen LogP contribution is 2.46. The molecule has 3 fully saturated rings. The van der Waals surface area contributed by atoms with Gasteiger partial charge in [0.25, 0.3) is 0 Å². The van der Waals surface area contributed by atoms with Crippen LogP contribution < -0.4 is 0 Å². The maximum atomic E-state index is 14.3. The van der Waals surface area contributed by atoms with Crippen LogP contribution in [0.5, 0.6) is 0 Å². The van der Waals surface area contributed by atoms with Crippen LogP contribution in [-0.4, -0.2) is 236 Å². The topological polar surface area (TPSA) is 227 Å². The van der Waals surface area contributed by atoms with Crippen molar-refractivity contribution in [3.05, 3.63) is 133 Å². The number of ketones is 1. The first-order valence-electron chi connectivity index (χ1n) is 46.6. The van der Waals surface area contributed by atoms with Gasteiger partial charge in [0, 0.05) is 61.4 Å². The van der Waals surface area contributed by atoms with Gasteiger partial charge in [-0.25, -0.2) is 14.4 Å². The number of carbonyl (C=O) groups is 8. The van der Waals surface area contributed by atoms with Crippen LogP contribution >= 0.6 is 0 Å². The number of unbranched alkanes of at least 4 members (excludes halogenated alkanes) is 3. The number of hydrogen-bond donors (Lipinski definition) is 0. The molecular formula is C102H172N8O15. The van der Waals surface area contributed by atoms with E-state index in [2.05, 4.69) is 212 Å². The smallest absolute Gasteiger partial charge is 0.337 e. The van der Waals surface area contributed by atoms with Crippen LogP contribution in [0.15, 0.2) is 116 Å². The van der Waals surface area contributed by atoms with Crippen LogP contribution in [0.2, 0.25) is 0 Å². The second kappa shape index (κ2) is 53.1. The molecular weight excluding hydrogens is 1580 g/mol. The number of carbonyl (C=O) groups excluding carboxylic acids is 8. The molecule has 6 unspecified atom stereocenters. The molecule has 125 heavy (non-hydrogen) atoms. The van der Waals surface area contributed by atoms with E-state index in [0.717, 1.165) is 87.2 Å². The number of nitrogens with zero attached hydrogens (tertiary/aromatic N) is 8. The zero-order chi connectivity index (χ0) is 95.3. The van der Waals surface area contributed by atoms with Gasteiger partial charge in [0.15, 0.2) is 11.9 Å². The van der Waals surface area contributed by atoms with Crippen molar-refractivity contribution in [1.82, 2.24) is 39.7 Å². The molecule has 3 aromatic carbocycles. The quantitative estimate of drug-likeness (QED) is 0.0222. The maximum absolute atomic E-state index is 14.3. The molecule has 3 saturated heterocycles. The second-order valence-corrected chi connectivity index (χ2v) is 39.4. The van der Waals surface area contributed by atoms with E-state index in [0.29, 0.717) is 97.4 Å². The van der Waals surface area contributed by atoms with Gasteiger partial charge in [-0.2, -0.15) is 15.2 Å². The van der Waals surface area contributed by atoms with Crippen molar-refractivity contribution in [2.24, 2.45) is 5.92 Å². The fourth-order valence-corrected chi connectivity index (χ4v) is 16.3. The van der Waals surface area contributed by atoms with Crippen molar-refractivity contribution in [3.63, 3.8) is 0 Å². The molecule has 3 aromatic rings. The maximum Gasteiger partial charge on any atom is 0.337 e. The van der Waals surface area contributed by atoms with E-state index in [4.69, 9.17) is 28.7 Å². The minimum atomic E-state index is -0.939. The molecule has 3 heterocycles. The lowest BCUT2D eigenvalue weighted by Crippen LogP contribution is -2.75. The van der Waals surface area contributed by atoms with Crippen molar-refractivity contribution >= 4 is 47.4 Å². The summed E-state index contributed by atoms with van der Waals surface area (Å²) in [5.41, 5.74) is -1.26. The summed E-state index contributed by atoms with van der Waals surface area (Å²) >= 11 is 0. The van der Waals surface area contributed by atoms with Crippen LogP contribution in [0.3, 0.4) is 0 Å². The zero-order valence-corrected chi connectivity index (χ0v) is 83.8. The summed E-state index contributed by atoms with van der Waals surface area (Å²) in [5.74, 6) is -1.49. The van der Waals surface area contributed by atoms with Gasteiger partial charge in [0.2, 0.25) is 17.7 Å². The fraction of sp³-hybridized carbons (Fsp3) is 0.706. The van der Waals surface area contributed by atoms with Crippen LogP contribution in [0.4, 0.5) is 0 Å². The Morgan fingerprint density at radius 1 is 0.408 bits per heavy atom. The van der Waals surface area contributed by atoms with Crippen molar-refractivity contribution in [1.29, 1.82) is 0 Å². The highest BCUT2D eigenvalue weighted by Gasteiger charge is 2.61. The summed E-state index contributed by atoms with van der Waals surface area (Å²) in [5, 5.41) is 5.72. The molecule has 3 amide bonds. The average molecular weight is 1750 g/mol. The molecule has 23 nitrogen and oxygen atoms in total. The first kappa shape index (κ1) is 114. The summed E-state index contributed by atoms with van der Waals surface area (Å²) < 4.78 is 20.8. The molecule has 0 spiro atoms. The monoisotopic (exact) mass is 1750 g/mol.